The summed E-state index contributed by atoms with van der Waals surface area (Å²) in [5, 5.41) is 2.63. The fourth-order valence-electron chi connectivity index (χ4n) is 5.00. The molecule has 0 atom stereocenters. The van der Waals surface area contributed by atoms with Crippen molar-refractivity contribution in [2.45, 2.75) is 13.8 Å². The number of fused-ring (bicyclic) bond motifs is 1. The van der Waals surface area contributed by atoms with Crippen molar-refractivity contribution in [1.29, 1.82) is 0 Å². The Kier molecular flexibility index (Phi) is 5.56. The standard InChI is InChI=1S/C34H26S/c1-23-20-21-31(32(22-23)26-15-7-6-12-24(26)2)34-30-19-11-10-18-29(30)33(35-34)28-17-9-8-16-27(28)25-13-4-3-5-14-25/h3-22H,1-2H3. The van der Waals surface area contributed by atoms with Gasteiger partial charge in [-0.2, -0.15) is 0 Å². The molecule has 0 fully saturated rings. The minimum absolute atomic E-state index is 1.25. The fourth-order valence-corrected chi connectivity index (χ4v) is 6.35. The zero-order valence-electron chi connectivity index (χ0n) is 20.0. The summed E-state index contributed by atoms with van der Waals surface area (Å²) in [5.41, 5.74) is 10.3. The van der Waals surface area contributed by atoms with Gasteiger partial charge in [0, 0.05) is 31.7 Å². The van der Waals surface area contributed by atoms with Gasteiger partial charge in [0.1, 0.15) is 0 Å². The minimum Gasteiger partial charge on any atom is -0.134 e. The van der Waals surface area contributed by atoms with E-state index in [1.807, 2.05) is 11.3 Å². The van der Waals surface area contributed by atoms with Gasteiger partial charge < -0.3 is 0 Å². The summed E-state index contributed by atoms with van der Waals surface area (Å²) in [6, 6.07) is 44.0. The molecule has 35 heavy (non-hydrogen) atoms. The number of hydrogen-bond acceptors (Lipinski definition) is 1. The molecule has 0 saturated carbocycles. The van der Waals surface area contributed by atoms with Gasteiger partial charge in [0.15, 0.2) is 0 Å². The summed E-state index contributed by atoms with van der Waals surface area (Å²) in [4.78, 5) is 2.66. The van der Waals surface area contributed by atoms with Crippen molar-refractivity contribution in [1.82, 2.24) is 0 Å². The van der Waals surface area contributed by atoms with Gasteiger partial charge in [-0.3, -0.25) is 0 Å². The lowest BCUT2D eigenvalue weighted by molar-refractivity contribution is 1.43. The Morgan fingerprint density at radius 2 is 0.971 bits per heavy atom. The Balaban J connectivity index is 1.63. The van der Waals surface area contributed by atoms with Crippen LogP contribution in [0.2, 0.25) is 0 Å². The van der Waals surface area contributed by atoms with E-state index >= 15 is 0 Å². The minimum atomic E-state index is 1.25. The van der Waals surface area contributed by atoms with Crippen LogP contribution >= 0.6 is 11.3 Å². The van der Waals surface area contributed by atoms with E-state index in [1.54, 1.807) is 0 Å². The van der Waals surface area contributed by atoms with Gasteiger partial charge >= 0.3 is 0 Å². The van der Waals surface area contributed by atoms with Crippen molar-refractivity contribution in [2.24, 2.45) is 0 Å². The Hall–Kier alpha value is -3.94. The van der Waals surface area contributed by atoms with E-state index in [0.717, 1.165) is 0 Å². The molecule has 0 aliphatic rings. The van der Waals surface area contributed by atoms with Crippen LogP contribution in [-0.2, 0) is 0 Å². The van der Waals surface area contributed by atoms with Gasteiger partial charge in [0.05, 0.1) is 0 Å². The maximum absolute atomic E-state index is 2.34. The monoisotopic (exact) mass is 466 g/mol. The lowest BCUT2D eigenvalue weighted by Gasteiger charge is -2.13. The first-order valence-electron chi connectivity index (χ1n) is 12.0. The zero-order chi connectivity index (χ0) is 23.8. The van der Waals surface area contributed by atoms with E-state index in [2.05, 4.69) is 135 Å². The second-order valence-corrected chi connectivity index (χ2v) is 10.1. The molecule has 1 heterocycles. The van der Waals surface area contributed by atoms with Crippen LogP contribution in [0.25, 0.3) is 53.9 Å². The third-order valence-electron chi connectivity index (χ3n) is 6.73. The van der Waals surface area contributed by atoms with E-state index in [4.69, 9.17) is 0 Å². The van der Waals surface area contributed by atoms with Crippen molar-refractivity contribution in [3.63, 3.8) is 0 Å². The molecule has 0 aliphatic carbocycles. The summed E-state index contributed by atoms with van der Waals surface area (Å²) < 4.78 is 0. The van der Waals surface area contributed by atoms with Crippen molar-refractivity contribution in [2.75, 3.05) is 0 Å². The Labute approximate surface area is 211 Å². The average molecular weight is 467 g/mol. The second-order valence-electron chi connectivity index (χ2n) is 9.08. The van der Waals surface area contributed by atoms with Crippen LogP contribution in [0.4, 0.5) is 0 Å². The van der Waals surface area contributed by atoms with E-state index in [-0.39, 0.29) is 0 Å². The third kappa shape index (κ3) is 3.88. The lowest BCUT2D eigenvalue weighted by atomic mass is 9.92. The maximum Gasteiger partial charge on any atom is 0.0434 e. The maximum atomic E-state index is 2.34. The Morgan fingerprint density at radius 1 is 0.429 bits per heavy atom. The summed E-state index contributed by atoms with van der Waals surface area (Å²) in [5.74, 6) is 0. The Morgan fingerprint density at radius 3 is 1.66 bits per heavy atom. The Bertz CT molecular complexity index is 1650. The number of aryl methyl sites for hydroxylation is 2. The molecule has 0 saturated heterocycles. The summed E-state index contributed by atoms with van der Waals surface area (Å²) in [7, 11) is 0. The molecule has 0 radical (unpaired) electrons. The third-order valence-corrected chi connectivity index (χ3v) is 8.02. The summed E-state index contributed by atoms with van der Waals surface area (Å²) in [6.45, 7) is 4.38. The van der Waals surface area contributed by atoms with Gasteiger partial charge in [0.2, 0.25) is 0 Å². The molecule has 0 unspecified atom stereocenters. The van der Waals surface area contributed by atoms with Crippen LogP contribution in [0.5, 0.6) is 0 Å². The van der Waals surface area contributed by atoms with Gasteiger partial charge in [-0.1, -0.05) is 127 Å². The zero-order valence-corrected chi connectivity index (χ0v) is 20.8. The molecule has 168 valence electrons. The number of benzene rings is 5. The molecular weight excluding hydrogens is 440 g/mol. The number of rotatable bonds is 4. The van der Waals surface area contributed by atoms with Crippen molar-refractivity contribution in [3.05, 3.63) is 132 Å². The second kappa shape index (κ2) is 9.02. The van der Waals surface area contributed by atoms with Gasteiger partial charge in [-0.15, -0.1) is 11.3 Å². The quantitative estimate of drug-likeness (QED) is 0.242. The van der Waals surface area contributed by atoms with Crippen LogP contribution in [0.3, 0.4) is 0 Å². The summed E-state index contributed by atoms with van der Waals surface area (Å²) >= 11 is 1.91. The van der Waals surface area contributed by atoms with Crippen LogP contribution in [-0.4, -0.2) is 0 Å². The molecule has 0 aliphatic heterocycles. The first-order chi connectivity index (χ1) is 17.2. The molecule has 0 nitrogen and oxygen atoms in total. The molecule has 0 bridgehead atoms. The van der Waals surface area contributed by atoms with Gasteiger partial charge in [-0.05, 0) is 41.7 Å². The molecule has 6 rings (SSSR count). The molecule has 6 aromatic rings. The predicted molar refractivity (Wildman–Crippen MR) is 153 cm³/mol. The molecule has 0 spiro atoms. The van der Waals surface area contributed by atoms with Crippen LogP contribution in [0, 0.1) is 13.8 Å². The van der Waals surface area contributed by atoms with Crippen molar-refractivity contribution >= 4 is 22.1 Å². The fraction of sp³-hybridized carbons (Fsp3) is 0.0588. The smallest absolute Gasteiger partial charge is 0.0434 e. The van der Waals surface area contributed by atoms with E-state index < -0.39 is 0 Å². The predicted octanol–water partition coefficient (Wildman–Crippen LogP) is 10.2. The SMILES string of the molecule is Cc1ccc(-c2sc(-c3ccccc3-c3ccccc3)c3ccccc23)c(-c2ccccc2C)c1. The van der Waals surface area contributed by atoms with Crippen LogP contribution in [0.1, 0.15) is 11.1 Å². The molecule has 5 aromatic carbocycles. The highest BCUT2D eigenvalue weighted by Gasteiger charge is 2.19. The normalized spacial score (nSPS) is 11.1. The molecule has 0 N–H and O–H groups in total. The first-order valence-corrected chi connectivity index (χ1v) is 12.9. The molecule has 0 amide bonds. The molecule has 1 aromatic heterocycles. The van der Waals surface area contributed by atoms with Crippen LogP contribution in [0.15, 0.2) is 121 Å². The highest BCUT2D eigenvalue weighted by Crippen LogP contribution is 2.48. The van der Waals surface area contributed by atoms with E-state index in [0.29, 0.717) is 0 Å². The highest BCUT2D eigenvalue weighted by atomic mass is 32.1. The van der Waals surface area contributed by atoms with E-state index in [9.17, 15) is 0 Å². The molecular formula is C34H26S. The van der Waals surface area contributed by atoms with Crippen molar-refractivity contribution in [3.8, 4) is 43.1 Å². The number of hydrogen-bond donors (Lipinski definition) is 0. The van der Waals surface area contributed by atoms with Crippen LogP contribution < -0.4 is 0 Å². The molecule has 1 heteroatoms. The van der Waals surface area contributed by atoms with Crippen molar-refractivity contribution < 1.29 is 0 Å². The number of thiophene rings is 1. The lowest BCUT2D eigenvalue weighted by Crippen LogP contribution is -1.88. The van der Waals surface area contributed by atoms with Gasteiger partial charge in [0.25, 0.3) is 0 Å². The first kappa shape index (κ1) is 21.6. The summed E-state index contributed by atoms with van der Waals surface area (Å²) in [6.07, 6.45) is 0. The highest BCUT2D eigenvalue weighted by molar-refractivity contribution is 7.21. The average Bonchev–Trinajstić information content (AvgIpc) is 3.29. The topological polar surface area (TPSA) is 0 Å². The van der Waals surface area contributed by atoms with E-state index in [1.165, 1.54) is 65.0 Å². The largest absolute Gasteiger partial charge is 0.134 e. The van der Waals surface area contributed by atoms with Gasteiger partial charge in [-0.25, -0.2) is 0 Å².